The minimum atomic E-state index is -3.75. The van der Waals surface area contributed by atoms with E-state index in [4.69, 9.17) is 5.73 Å². The lowest BCUT2D eigenvalue weighted by Crippen LogP contribution is -2.46. The molecule has 0 unspecified atom stereocenters. The molecule has 14 nitrogen and oxygen atoms in total. The average Bonchev–Trinajstić information content (AvgIpc) is 3.29. The first-order valence-electron chi connectivity index (χ1n) is 20.4. The van der Waals surface area contributed by atoms with Crippen molar-refractivity contribution in [2.45, 2.75) is 34.4 Å². The van der Waals surface area contributed by atoms with Gasteiger partial charge in [-0.25, -0.2) is 26.8 Å². The van der Waals surface area contributed by atoms with Crippen LogP contribution in [-0.4, -0.2) is 93.9 Å². The Hall–Kier alpha value is -6.20. The Balaban J connectivity index is 0.000000187. The molecule has 2 saturated heterocycles. The van der Waals surface area contributed by atoms with Gasteiger partial charge in [0.15, 0.2) is 19.7 Å². The molecule has 2 aromatic heterocycles. The minimum Gasteiger partial charge on any atom is -0.397 e. The molecule has 2 N–H and O–H groups in total. The van der Waals surface area contributed by atoms with Crippen molar-refractivity contribution in [1.29, 1.82) is 0 Å². The fourth-order valence-electron chi connectivity index (χ4n) is 7.46. The van der Waals surface area contributed by atoms with E-state index >= 15 is 0 Å². The average molecular weight is 875 g/mol. The van der Waals surface area contributed by atoms with Gasteiger partial charge >= 0.3 is 0 Å². The summed E-state index contributed by atoms with van der Waals surface area (Å²) in [5.41, 5.74) is 9.11. The zero-order valence-corrected chi connectivity index (χ0v) is 35.9. The Bertz CT molecular complexity index is 2630. The number of hydrogen-bond donors (Lipinski definition) is 1. The Morgan fingerprint density at radius 3 is 1.29 bits per heavy atom. The van der Waals surface area contributed by atoms with E-state index in [1.807, 2.05) is 35.2 Å². The topological polar surface area (TPSA) is 176 Å². The van der Waals surface area contributed by atoms with E-state index in [1.165, 1.54) is 29.3 Å². The third-order valence-corrected chi connectivity index (χ3v) is 14.2. The van der Waals surface area contributed by atoms with Gasteiger partial charge in [-0.3, -0.25) is 19.9 Å². The maximum Gasteiger partial charge on any atom is 0.291 e. The second-order valence-corrected chi connectivity index (χ2v) is 19.2. The molecule has 8 rings (SSSR count). The summed E-state index contributed by atoms with van der Waals surface area (Å²) in [4.78, 5) is 29.4. The van der Waals surface area contributed by atoms with Gasteiger partial charge in [0.2, 0.25) is 0 Å². The third kappa shape index (κ3) is 11.6. The van der Waals surface area contributed by atoms with E-state index in [0.717, 1.165) is 58.2 Å². The third-order valence-electron chi connectivity index (χ3n) is 10.9. The summed E-state index contributed by atoms with van der Waals surface area (Å²) in [5, 5.41) is 11.5. The standard InChI is InChI=1S/C23H24N4O4S.C23H26N4O2S/c28-27(29)22-11-12-23(24-21(22)18-32(30,31)20-9-5-2-6-10-20)26-15-13-25(14-16-26)17-19-7-3-1-4-8-19;24-21-11-12-23(25-22(21)18-30(28,29)20-9-5-2-6-10-20)27-15-13-26(14-16-27)17-19-7-3-1-4-8-19/h1-12H,13-18H2;1-12H,13-18,24H2. The van der Waals surface area contributed by atoms with Crippen molar-refractivity contribution in [3.63, 3.8) is 0 Å². The maximum atomic E-state index is 12.8. The highest BCUT2D eigenvalue weighted by molar-refractivity contribution is 7.91. The van der Waals surface area contributed by atoms with Gasteiger partial charge in [-0.2, -0.15) is 0 Å². The van der Waals surface area contributed by atoms with Gasteiger partial charge in [0.05, 0.1) is 31.8 Å². The Labute approximate surface area is 363 Å². The zero-order valence-electron chi connectivity index (χ0n) is 34.3. The number of benzene rings is 4. The predicted octanol–water partition coefficient (Wildman–Crippen LogP) is 6.25. The smallest absolute Gasteiger partial charge is 0.291 e. The summed E-state index contributed by atoms with van der Waals surface area (Å²) in [5.74, 6) is 0.620. The van der Waals surface area contributed by atoms with E-state index in [-0.39, 0.29) is 26.9 Å². The molecule has 2 fully saturated rings. The van der Waals surface area contributed by atoms with Crippen molar-refractivity contribution < 1.29 is 21.8 Å². The molecule has 0 atom stereocenters. The van der Waals surface area contributed by atoms with Gasteiger partial charge in [-0.1, -0.05) is 97.1 Å². The number of sulfone groups is 2. The first-order valence-corrected chi connectivity index (χ1v) is 23.7. The Morgan fingerprint density at radius 1 is 0.500 bits per heavy atom. The van der Waals surface area contributed by atoms with E-state index in [1.54, 1.807) is 60.7 Å². The summed E-state index contributed by atoms with van der Waals surface area (Å²) < 4.78 is 51.1. The molecule has 0 saturated carbocycles. The van der Waals surface area contributed by atoms with Gasteiger partial charge < -0.3 is 15.5 Å². The lowest BCUT2D eigenvalue weighted by atomic mass is 10.2. The number of rotatable bonds is 13. The van der Waals surface area contributed by atoms with Crippen molar-refractivity contribution in [3.8, 4) is 0 Å². The predicted molar refractivity (Wildman–Crippen MR) is 242 cm³/mol. The van der Waals surface area contributed by atoms with Gasteiger partial charge in [0.25, 0.3) is 5.69 Å². The summed E-state index contributed by atoms with van der Waals surface area (Å²) in [6, 6.07) is 43.7. The highest BCUT2D eigenvalue weighted by Crippen LogP contribution is 2.27. The molecule has 0 radical (unpaired) electrons. The SMILES string of the molecule is Nc1ccc(N2CCN(Cc3ccccc3)CC2)nc1CS(=O)(=O)c1ccccc1.O=[N+]([O-])c1ccc(N2CCN(Cc3ccccc3)CC2)nc1CS(=O)(=O)c1ccccc1. The summed E-state index contributed by atoms with van der Waals surface area (Å²) in [7, 11) is -7.25. The summed E-state index contributed by atoms with van der Waals surface area (Å²) in [6.07, 6.45) is 0. The van der Waals surface area contributed by atoms with E-state index in [9.17, 15) is 26.9 Å². The number of piperazine rings is 2. The van der Waals surface area contributed by atoms with E-state index < -0.39 is 30.4 Å². The van der Waals surface area contributed by atoms with Crippen LogP contribution < -0.4 is 15.5 Å². The van der Waals surface area contributed by atoms with Crippen LogP contribution >= 0.6 is 0 Å². The monoisotopic (exact) mass is 874 g/mol. The maximum absolute atomic E-state index is 12.8. The molecule has 322 valence electrons. The highest BCUT2D eigenvalue weighted by atomic mass is 32.2. The Kier molecular flexibility index (Phi) is 14.2. The molecule has 0 amide bonds. The first kappa shape index (κ1) is 43.9. The van der Waals surface area contributed by atoms with Gasteiger partial charge in [0, 0.05) is 71.5 Å². The van der Waals surface area contributed by atoms with Crippen LogP contribution in [0.15, 0.2) is 155 Å². The van der Waals surface area contributed by atoms with Crippen LogP contribution in [0.3, 0.4) is 0 Å². The molecule has 0 bridgehead atoms. The van der Waals surface area contributed by atoms with Gasteiger partial charge in [0.1, 0.15) is 23.1 Å². The quantitative estimate of drug-likeness (QED) is 0.102. The van der Waals surface area contributed by atoms with Crippen molar-refractivity contribution >= 4 is 42.7 Å². The number of nitrogens with zero attached hydrogens (tertiary/aromatic N) is 7. The molecular weight excluding hydrogens is 825 g/mol. The van der Waals surface area contributed by atoms with Crippen LogP contribution in [0.5, 0.6) is 0 Å². The van der Waals surface area contributed by atoms with E-state index in [0.29, 0.717) is 30.3 Å². The fourth-order valence-corrected chi connectivity index (χ4v) is 10.1. The second-order valence-electron chi connectivity index (χ2n) is 15.2. The molecule has 62 heavy (non-hydrogen) atoms. The molecule has 4 heterocycles. The number of hydrogen-bond acceptors (Lipinski definition) is 13. The van der Waals surface area contributed by atoms with Crippen LogP contribution in [-0.2, 0) is 44.3 Å². The number of nitrogens with two attached hydrogens (primary N) is 1. The summed E-state index contributed by atoms with van der Waals surface area (Å²) in [6.45, 7) is 8.41. The lowest BCUT2D eigenvalue weighted by molar-refractivity contribution is -0.385. The first-order chi connectivity index (χ1) is 29.9. The number of pyridine rings is 2. The van der Waals surface area contributed by atoms with Crippen LogP contribution in [0.25, 0.3) is 0 Å². The Morgan fingerprint density at radius 2 is 0.871 bits per heavy atom. The molecule has 2 aliphatic heterocycles. The molecule has 0 aliphatic carbocycles. The highest BCUT2D eigenvalue weighted by Gasteiger charge is 2.27. The van der Waals surface area contributed by atoms with Crippen molar-refractivity contribution in [3.05, 3.63) is 178 Å². The van der Waals surface area contributed by atoms with Crippen molar-refractivity contribution in [1.82, 2.24) is 19.8 Å². The number of aromatic nitrogens is 2. The molecule has 4 aromatic carbocycles. The zero-order chi connectivity index (χ0) is 43.5. The number of anilines is 3. The molecular formula is C46H50N8O6S2. The number of nitrogen functional groups attached to an aromatic ring is 1. The van der Waals surface area contributed by atoms with Gasteiger partial charge in [-0.05, 0) is 53.6 Å². The van der Waals surface area contributed by atoms with Crippen LogP contribution in [0.4, 0.5) is 23.0 Å². The number of nitro groups is 1. The minimum absolute atomic E-state index is 0.0388. The molecule has 0 spiro atoms. The lowest BCUT2D eigenvalue weighted by Gasteiger charge is -2.35. The summed E-state index contributed by atoms with van der Waals surface area (Å²) >= 11 is 0. The van der Waals surface area contributed by atoms with Crippen molar-refractivity contribution in [2.75, 3.05) is 67.9 Å². The fraction of sp³-hybridized carbons (Fsp3) is 0.261. The van der Waals surface area contributed by atoms with Crippen LogP contribution in [0.2, 0.25) is 0 Å². The van der Waals surface area contributed by atoms with Crippen molar-refractivity contribution in [2.24, 2.45) is 0 Å². The van der Waals surface area contributed by atoms with Crippen LogP contribution in [0, 0.1) is 10.1 Å². The van der Waals surface area contributed by atoms with Gasteiger partial charge in [-0.15, -0.1) is 0 Å². The van der Waals surface area contributed by atoms with E-state index in [2.05, 4.69) is 61.1 Å². The normalized spacial score (nSPS) is 15.1. The molecule has 2 aliphatic rings. The largest absolute Gasteiger partial charge is 0.397 e. The molecule has 6 aromatic rings. The molecule has 16 heteroatoms. The second kappa shape index (κ2) is 20.1. The van der Waals surface area contributed by atoms with Crippen LogP contribution in [0.1, 0.15) is 22.5 Å².